The highest BCUT2D eigenvalue weighted by molar-refractivity contribution is 5.78. The molecule has 2 fully saturated rings. The topological polar surface area (TPSA) is 36.0 Å². The van der Waals surface area contributed by atoms with Crippen molar-refractivity contribution in [2.24, 2.45) is 0 Å². The van der Waals surface area contributed by atoms with Gasteiger partial charge in [-0.25, -0.2) is 4.39 Å². The fraction of sp³-hybridized carbons (Fsp3) is 0.567. The summed E-state index contributed by atoms with van der Waals surface area (Å²) in [6, 6.07) is 5.22. The van der Waals surface area contributed by atoms with Gasteiger partial charge in [0, 0.05) is 38.3 Å². The van der Waals surface area contributed by atoms with Crippen molar-refractivity contribution in [3.8, 4) is 5.75 Å². The first-order valence-electron chi connectivity index (χ1n) is 14.1. The van der Waals surface area contributed by atoms with Gasteiger partial charge in [-0.05, 0) is 80.7 Å². The zero-order valence-electron chi connectivity index (χ0n) is 23.7. The number of benzene rings is 2. The molecule has 1 atom stereocenters. The molecule has 0 saturated carbocycles. The molecule has 0 bridgehead atoms. The maximum absolute atomic E-state index is 14.4. The van der Waals surface area contributed by atoms with Crippen LogP contribution in [0.1, 0.15) is 60.4 Å². The van der Waals surface area contributed by atoms with E-state index in [1.807, 2.05) is 0 Å². The summed E-state index contributed by atoms with van der Waals surface area (Å²) in [6.07, 6.45) is -5.33. The minimum atomic E-state index is -5.01. The van der Waals surface area contributed by atoms with E-state index >= 15 is 0 Å². The van der Waals surface area contributed by atoms with Gasteiger partial charge in [-0.3, -0.25) is 9.69 Å². The maximum Gasteiger partial charge on any atom is 0.416 e. The van der Waals surface area contributed by atoms with Crippen molar-refractivity contribution in [3.63, 3.8) is 0 Å². The van der Waals surface area contributed by atoms with Crippen LogP contribution in [0.15, 0.2) is 36.4 Å². The number of amides is 1. The van der Waals surface area contributed by atoms with Gasteiger partial charge in [-0.2, -0.15) is 26.3 Å². The summed E-state index contributed by atoms with van der Waals surface area (Å²) >= 11 is 0. The normalized spacial score (nSPS) is 18.6. The van der Waals surface area contributed by atoms with Crippen LogP contribution in [-0.4, -0.2) is 73.5 Å². The second-order valence-electron chi connectivity index (χ2n) is 11.1. The lowest BCUT2D eigenvalue weighted by molar-refractivity contribution is -0.143. The van der Waals surface area contributed by atoms with Crippen molar-refractivity contribution in [2.45, 2.75) is 63.0 Å². The fourth-order valence-corrected chi connectivity index (χ4v) is 6.01. The first-order valence-corrected chi connectivity index (χ1v) is 14.1. The van der Waals surface area contributed by atoms with Crippen molar-refractivity contribution in [3.05, 3.63) is 64.5 Å². The van der Waals surface area contributed by atoms with Gasteiger partial charge in [0.25, 0.3) is 0 Å². The third-order valence-corrected chi connectivity index (χ3v) is 8.27. The number of likely N-dealkylation sites (N-methyl/N-ethyl adjacent to an activating group) is 1. The Labute approximate surface area is 241 Å². The van der Waals surface area contributed by atoms with Gasteiger partial charge >= 0.3 is 12.4 Å². The second-order valence-corrected chi connectivity index (χ2v) is 11.1. The molecule has 12 heteroatoms. The number of halogens is 7. The number of rotatable bonds is 8. The summed E-state index contributed by atoms with van der Waals surface area (Å²) in [5, 5.41) is 0. The van der Waals surface area contributed by atoms with E-state index in [1.54, 1.807) is 0 Å². The molecule has 0 spiro atoms. The highest BCUT2D eigenvalue weighted by Crippen LogP contribution is 2.37. The summed E-state index contributed by atoms with van der Waals surface area (Å²) in [4.78, 5) is 19.1. The average Bonchev–Trinajstić information content (AvgIpc) is 2.95. The van der Waals surface area contributed by atoms with E-state index in [-0.39, 0.29) is 12.6 Å². The van der Waals surface area contributed by atoms with E-state index < -0.39 is 53.2 Å². The van der Waals surface area contributed by atoms with Crippen LogP contribution in [0.4, 0.5) is 30.7 Å². The zero-order valence-corrected chi connectivity index (χ0v) is 23.7. The van der Waals surface area contributed by atoms with Gasteiger partial charge in [0.2, 0.25) is 5.91 Å². The predicted molar refractivity (Wildman–Crippen MR) is 143 cm³/mol. The molecule has 2 aromatic rings. The van der Waals surface area contributed by atoms with E-state index in [2.05, 4.69) is 9.80 Å². The Morgan fingerprint density at radius 3 is 2.07 bits per heavy atom. The monoisotopic (exact) mass is 603 g/mol. The van der Waals surface area contributed by atoms with E-state index in [0.29, 0.717) is 42.6 Å². The molecule has 4 rings (SSSR count). The van der Waals surface area contributed by atoms with Crippen LogP contribution in [0.25, 0.3) is 0 Å². The predicted octanol–water partition coefficient (Wildman–Crippen LogP) is 6.56. The molecule has 0 aliphatic carbocycles. The number of hydrogen-bond donors (Lipinski definition) is 0. The van der Waals surface area contributed by atoms with Gasteiger partial charge in [0.1, 0.15) is 11.6 Å². The summed E-state index contributed by atoms with van der Waals surface area (Å²) in [5.74, 6) is -0.726. The minimum Gasteiger partial charge on any atom is -0.496 e. The SMILES string of the molecule is COc1ccc(F)cc1C(CN(C)C(=O)Cc1cc(C(F)(F)F)cc(C(F)(F)F)c1)N1CCC(N2CCCCC2)CC1. The maximum atomic E-state index is 14.4. The largest absolute Gasteiger partial charge is 0.496 e. The van der Waals surface area contributed by atoms with Crippen LogP contribution >= 0.6 is 0 Å². The van der Waals surface area contributed by atoms with Crippen LogP contribution in [0.3, 0.4) is 0 Å². The first-order chi connectivity index (χ1) is 19.8. The molecule has 42 heavy (non-hydrogen) atoms. The molecule has 232 valence electrons. The molecule has 2 aromatic carbocycles. The Hall–Kier alpha value is -2.86. The third-order valence-electron chi connectivity index (χ3n) is 8.27. The summed E-state index contributed by atoms with van der Waals surface area (Å²) in [7, 11) is 2.90. The number of alkyl halides is 6. The van der Waals surface area contributed by atoms with Gasteiger partial charge in [0.15, 0.2) is 0 Å². The van der Waals surface area contributed by atoms with Crippen molar-refractivity contribution >= 4 is 5.91 Å². The van der Waals surface area contributed by atoms with Gasteiger partial charge in [-0.1, -0.05) is 6.42 Å². The fourth-order valence-electron chi connectivity index (χ4n) is 6.01. The Balaban J connectivity index is 1.55. The van der Waals surface area contributed by atoms with E-state index in [9.17, 15) is 35.5 Å². The molecule has 2 aliphatic heterocycles. The molecule has 2 aliphatic rings. The number of nitrogens with zero attached hydrogens (tertiary/aromatic N) is 3. The van der Waals surface area contributed by atoms with E-state index in [0.717, 1.165) is 25.9 Å². The Morgan fingerprint density at radius 2 is 1.52 bits per heavy atom. The highest BCUT2D eigenvalue weighted by atomic mass is 19.4. The number of carbonyl (C=O) groups is 1. The number of ether oxygens (including phenoxy) is 1. The Bertz CT molecular complexity index is 1190. The van der Waals surface area contributed by atoms with Crippen molar-refractivity contribution < 1.29 is 40.3 Å². The third kappa shape index (κ3) is 7.94. The highest BCUT2D eigenvalue weighted by Gasteiger charge is 2.37. The quantitative estimate of drug-likeness (QED) is 0.320. The molecule has 0 N–H and O–H groups in total. The molecule has 5 nitrogen and oxygen atoms in total. The zero-order chi connectivity index (χ0) is 30.7. The van der Waals surface area contributed by atoms with E-state index in [1.165, 1.54) is 56.5 Å². The Kier molecular flexibility index (Phi) is 10.1. The average molecular weight is 604 g/mol. The molecule has 1 unspecified atom stereocenters. The Morgan fingerprint density at radius 1 is 0.929 bits per heavy atom. The molecule has 2 saturated heterocycles. The molecule has 1 amide bonds. The van der Waals surface area contributed by atoms with Crippen LogP contribution in [0.5, 0.6) is 5.75 Å². The summed E-state index contributed by atoms with van der Waals surface area (Å²) < 4.78 is 99.9. The number of likely N-dealkylation sites (tertiary alicyclic amines) is 2. The second kappa shape index (κ2) is 13.2. The molecular formula is C30H36F7N3O2. The summed E-state index contributed by atoms with van der Waals surface area (Å²) in [6.45, 7) is 3.52. The van der Waals surface area contributed by atoms with E-state index in [4.69, 9.17) is 4.74 Å². The lowest BCUT2D eigenvalue weighted by atomic mass is 9.95. The number of methoxy groups -OCH3 is 1. The van der Waals surface area contributed by atoms with Crippen LogP contribution in [0.2, 0.25) is 0 Å². The van der Waals surface area contributed by atoms with Crippen molar-refractivity contribution in [1.29, 1.82) is 0 Å². The van der Waals surface area contributed by atoms with Crippen molar-refractivity contribution in [1.82, 2.24) is 14.7 Å². The van der Waals surface area contributed by atoms with Crippen LogP contribution in [0, 0.1) is 5.82 Å². The standard InChI is InChI=1S/C30H36F7N3O2/c1-38(28(41)16-20-14-21(29(32,33)34)17-22(15-20)30(35,36)37)19-26(25-18-23(31)6-7-27(25)42-2)40-12-8-24(9-13-40)39-10-4-3-5-11-39/h6-7,14-15,17-18,24,26H,3-5,8-13,16,19H2,1-2H3. The van der Waals surface area contributed by atoms with Crippen LogP contribution < -0.4 is 4.74 Å². The number of carbonyl (C=O) groups excluding carboxylic acids is 1. The molecule has 0 aromatic heterocycles. The van der Waals surface area contributed by atoms with Gasteiger partial charge in [0.05, 0.1) is 30.7 Å². The number of hydrogen-bond acceptors (Lipinski definition) is 4. The molecular weight excluding hydrogens is 567 g/mol. The minimum absolute atomic E-state index is 0.0391. The smallest absolute Gasteiger partial charge is 0.416 e. The lowest BCUT2D eigenvalue weighted by Gasteiger charge is -2.43. The lowest BCUT2D eigenvalue weighted by Crippen LogP contribution is -2.49. The van der Waals surface area contributed by atoms with Crippen molar-refractivity contribution in [2.75, 3.05) is 46.9 Å². The molecule has 0 radical (unpaired) electrons. The molecule has 2 heterocycles. The number of piperidine rings is 2. The van der Waals surface area contributed by atoms with Crippen LogP contribution in [-0.2, 0) is 23.6 Å². The van der Waals surface area contributed by atoms with Gasteiger partial charge in [-0.15, -0.1) is 0 Å². The summed E-state index contributed by atoms with van der Waals surface area (Å²) in [5.41, 5.74) is -2.81. The first kappa shape index (κ1) is 32.1. The van der Waals surface area contributed by atoms with Gasteiger partial charge < -0.3 is 14.5 Å².